The summed E-state index contributed by atoms with van der Waals surface area (Å²) in [5.74, 6) is -0.251. The molecule has 0 saturated heterocycles. The zero-order valence-corrected chi connectivity index (χ0v) is 9.08. The molecule has 0 radical (unpaired) electrons. The number of rotatable bonds is 5. The van der Waals surface area contributed by atoms with Crippen LogP contribution in [0.3, 0.4) is 0 Å². The Bertz CT molecular complexity index is 351. The molecule has 2 amide bonds. The van der Waals surface area contributed by atoms with Crippen LogP contribution in [-0.4, -0.2) is 24.4 Å². The third-order valence-electron chi connectivity index (χ3n) is 2.98. The molecule has 0 aromatic rings. The summed E-state index contributed by atoms with van der Waals surface area (Å²) in [5.41, 5.74) is -0.785. The molecule has 0 bridgehead atoms. The molecular formula is C11H15N3O2. The van der Waals surface area contributed by atoms with Gasteiger partial charge in [0, 0.05) is 19.0 Å². The first-order valence-corrected chi connectivity index (χ1v) is 5.65. The molecule has 5 nitrogen and oxygen atoms in total. The smallest absolute Gasteiger partial charge is 0.240 e. The van der Waals surface area contributed by atoms with Crippen LogP contribution in [0.4, 0.5) is 0 Å². The van der Waals surface area contributed by atoms with Crippen molar-refractivity contribution in [2.45, 2.75) is 38.1 Å². The van der Waals surface area contributed by atoms with Crippen molar-refractivity contribution in [1.82, 2.24) is 10.6 Å². The minimum absolute atomic E-state index is 0.0235. The number of carbonyl (C=O) groups is 2. The van der Waals surface area contributed by atoms with Crippen LogP contribution in [0.2, 0.25) is 0 Å². The fourth-order valence-electron chi connectivity index (χ4n) is 1.50. The number of hydrogen-bond acceptors (Lipinski definition) is 3. The van der Waals surface area contributed by atoms with Crippen molar-refractivity contribution in [3.8, 4) is 6.07 Å². The number of nitrogens with zero attached hydrogens (tertiary/aromatic N) is 1. The highest BCUT2D eigenvalue weighted by atomic mass is 16.2. The van der Waals surface area contributed by atoms with Crippen molar-refractivity contribution in [3.05, 3.63) is 0 Å². The maximum absolute atomic E-state index is 11.5. The van der Waals surface area contributed by atoms with E-state index < -0.39 is 5.41 Å². The van der Waals surface area contributed by atoms with E-state index in [1.165, 1.54) is 0 Å². The Balaban J connectivity index is 1.62. The lowest BCUT2D eigenvalue weighted by Crippen LogP contribution is -2.35. The van der Waals surface area contributed by atoms with E-state index >= 15 is 0 Å². The molecule has 0 heterocycles. The minimum atomic E-state index is -0.785. The van der Waals surface area contributed by atoms with Gasteiger partial charge in [-0.05, 0) is 25.7 Å². The van der Waals surface area contributed by atoms with Gasteiger partial charge in [0.05, 0.1) is 6.07 Å². The van der Waals surface area contributed by atoms with Crippen molar-refractivity contribution in [2.24, 2.45) is 5.41 Å². The van der Waals surface area contributed by atoms with Gasteiger partial charge in [0.2, 0.25) is 11.8 Å². The highest BCUT2D eigenvalue weighted by Gasteiger charge is 2.50. The van der Waals surface area contributed by atoms with Gasteiger partial charge < -0.3 is 10.6 Å². The first kappa shape index (κ1) is 10.9. The molecule has 0 atom stereocenters. The lowest BCUT2D eigenvalue weighted by molar-refractivity contribution is -0.124. The quantitative estimate of drug-likeness (QED) is 0.689. The Morgan fingerprint density at radius 1 is 1.38 bits per heavy atom. The summed E-state index contributed by atoms with van der Waals surface area (Å²) in [6.07, 6.45) is 3.71. The van der Waals surface area contributed by atoms with E-state index in [2.05, 4.69) is 10.6 Å². The van der Waals surface area contributed by atoms with E-state index in [0.29, 0.717) is 31.8 Å². The number of nitriles is 1. The molecule has 2 fully saturated rings. The van der Waals surface area contributed by atoms with Crippen LogP contribution in [0.15, 0.2) is 0 Å². The highest BCUT2D eigenvalue weighted by Crippen LogP contribution is 2.44. The summed E-state index contributed by atoms with van der Waals surface area (Å²) in [7, 11) is 0. The van der Waals surface area contributed by atoms with E-state index in [1.807, 2.05) is 6.07 Å². The molecule has 2 rings (SSSR count). The second kappa shape index (κ2) is 4.12. The molecule has 0 spiro atoms. The van der Waals surface area contributed by atoms with Gasteiger partial charge in [-0.25, -0.2) is 0 Å². The Hall–Kier alpha value is -1.57. The van der Waals surface area contributed by atoms with Gasteiger partial charge in [0.25, 0.3) is 0 Å². The summed E-state index contributed by atoms with van der Waals surface area (Å²) in [5, 5.41) is 14.3. The van der Waals surface area contributed by atoms with Crippen molar-refractivity contribution in [2.75, 3.05) is 6.54 Å². The van der Waals surface area contributed by atoms with Gasteiger partial charge >= 0.3 is 0 Å². The molecule has 0 unspecified atom stereocenters. The largest absolute Gasteiger partial charge is 0.354 e. The van der Waals surface area contributed by atoms with Crippen LogP contribution in [0.1, 0.15) is 32.1 Å². The second-order valence-corrected chi connectivity index (χ2v) is 4.54. The van der Waals surface area contributed by atoms with Crippen LogP contribution < -0.4 is 10.6 Å². The molecule has 0 aromatic carbocycles. The summed E-state index contributed by atoms with van der Waals surface area (Å²) in [4.78, 5) is 22.8. The van der Waals surface area contributed by atoms with E-state index in [9.17, 15) is 9.59 Å². The van der Waals surface area contributed by atoms with E-state index in [-0.39, 0.29) is 11.8 Å². The highest BCUT2D eigenvalue weighted by molar-refractivity contribution is 5.88. The fraction of sp³-hybridized carbons (Fsp3) is 0.727. The zero-order chi connectivity index (χ0) is 11.6. The lowest BCUT2D eigenvalue weighted by atomic mass is 10.1. The predicted octanol–water partition coefficient (Wildman–Crippen LogP) is 0.0751. The van der Waals surface area contributed by atoms with Crippen molar-refractivity contribution in [3.63, 3.8) is 0 Å². The van der Waals surface area contributed by atoms with E-state index in [0.717, 1.165) is 12.8 Å². The van der Waals surface area contributed by atoms with Gasteiger partial charge in [-0.1, -0.05) is 0 Å². The molecule has 2 saturated carbocycles. The van der Waals surface area contributed by atoms with Crippen LogP contribution in [0, 0.1) is 16.7 Å². The Kier molecular flexibility index (Phi) is 2.82. The molecule has 2 aliphatic rings. The minimum Gasteiger partial charge on any atom is -0.354 e. The molecule has 16 heavy (non-hydrogen) atoms. The maximum atomic E-state index is 11.5. The Morgan fingerprint density at radius 2 is 2.06 bits per heavy atom. The Labute approximate surface area is 94.2 Å². The van der Waals surface area contributed by atoms with Crippen LogP contribution in [-0.2, 0) is 9.59 Å². The molecule has 2 N–H and O–H groups in total. The normalized spacial score (nSPS) is 20.7. The third-order valence-corrected chi connectivity index (χ3v) is 2.98. The van der Waals surface area contributed by atoms with E-state index in [4.69, 9.17) is 5.26 Å². The van der Waals surface area contributed by atoms with Crippen LogP contribution in [0.25, 0.3) is 0 Å². The number of nitrogens with one attached hydrogen (secondary N) is 2. The molecule has 86 valence electrons. The topological polar surface area (TPSA) is 82.0 Å². The number of hydrogen-bond donors (Lipinski definition) is 2. The molecule has 0 aromatic heterocycles. The first-order valence-electron chi connectivity index (χ1n) is 5.65. The van der Waals surface area contributed by atoms with Crippen molar-refractivity contribution < 1.29 is 9.59 Å². The van der Waals surface area contributed by atoms with Gasteiger partial charge in [-0.2, -0.15) is 5.26 Å². The SMILES string of the molecule is N#CC1(C(=O)NCCC(=O)NC2CC2)CC1. The van der Waals surface area contributed by atoms with Gasteiger partial charge in [-0.15, -0.1) is 0 Å². The van der Waals surface area contributed by atoms with Crippen molar-refractivity contribution >= 4 is 11.8 Å². The van der Waals surface area contributed by atoms with Gasteiger partial charge in [-0.3, -0.25) is 9.59 Å². The summed E-state index contributed by atoms with van der Waals surface area (Å²) in [6, 6.07) is 2.38. The first-order chi connectivity index (χ1) is 7.66. The lowest BCUT2D eigenvalue weighted by Gasteiger charge is -2.07. The summed E-state index contributed by atoms with van der Waals surface area (Å²) < 4.78 is 0. The summed E-state index contributed by atoms with van der Waals surface area (Å²) in [6.45, 7) is 0.320. The fourth-order valence-corrected chi connectivity index (χ4v) is 1.50. The van der Waals surface area contributed by atoms with Crippen molar-refractivity contribution in [1.29, 1.82) is 5.26 Å². The van der Waals surface area contributed by atoms with Gasteiger partial charge in [0.15, 0.2) is 0 Å². The predicted molar refractivity (Wildman–Crippen MR) is 56.1 cm³/mol. The van der Waals surface area contributed by atoms with Crippen LogP contribution in [0.5, 0.6) is 0 Å². The molecular weight excluding hydrogens is 206 g/mol. The average Bonchev–Trinajstić information content (AvgIpc) is 3.13. The standard InChI is InChI=1S/C11H15N3O2/c12-7-11(4-5-11)10(16)13-6-3-9(15)14-8-1-2-8/h8H,1-6H2,(H,13,16)(H,14,15). The molecule has 0 aliphatic heterocycles. The van der Waals surface area contributed by atoms with Gasteiger partial charge in [0.1, 0.15) is 5.41 Å². The maximum Gasteiger partial charge on any atom is 0.240 e. The molecule has 5 heteroatoms. The number of amides is 2. The van der Waals surface area contributed by atoms with Crippen LogP contribution >= 0.6 is 0 Å². The second-order valence-electron chi connectivity index (χ2n) is 4.54. The average molecular weight is 221 g/mol. The Morgan fingerprint density at radius 3 is 2.56 bits per heavy atom. The molecule has 2 aliphatic carbocycles. The van der Waals surface area contributed by atoms with E-state index in [1.54, 1.807) is 0 Å². The zero-order valence-electron chi connectivity index (χ0n) is 9.08. The summed E-state index contributed by atoms with van der Waals surface area (Å²) >= 11 is 0. The number of carbonyl (C=O) groups excluding carboxylic acids is 2. The third kappa shape index (κ3) is 2.51. The monoisotopic (exact) mass is 221 g/mol.